The minimum absolute atomic E-state index is 0.0440. The fourth-order valence-electron chi connectivity index (χ4n) is 3.41. The van der Waals surface area contributed by atoms with Gasteiger partial charge in [-0.05, 0) is 60.2 Å². The molecular formula is C20H25N3O2. The molecular weight excluding hydrogens is 314 g/mol. The first-order valence-corrected chi connectivity index (χ1v) is 8.72. The Morgan fingerprint density at radius 2 is 2.12 bits per heavy atom. The first kappa shape index (κ1) is 17.3. The third-order valence-electron chi connectivity index (χ3n) is 4.80. The number of pyridine rings is 1. The average molecular weight is 339 g/mol. The summed E-state index contributed by atoms with van der Waals surface area (Å²) in [6.07, 6.45) is 6.82. The molecule has 1 atom stereocenters. The van der Waals surface area contributed by atoms with E-state index >= 15 is 0 Å². The maximum Gasteiger partial charge on any atom is 0.317 e. The number of nitrogens with zero attached hydrogens (tertiary/aromatic N) is 2. The average Bonchev–Trinajstić information content (AvgIpc) is 2.66. The summed E-state index contributed by atoms with van der Waals surface area (Å²) in [5.41, 5.74) is 3.75. The molecule has 1 aromatic heterocycles. The Labute approximate surface area is 149 Å². The third-order valence-corrected chi connectivity index (χ3v) is 4.80. The van der Waals surface area contributed by atoms with Gasteiger partial charge in [0.1, 0.15) is 5.75 Å². The van der Waals surface area contributed by atoms with Crippen LogP contribution in [0.5, 0.6) is 5.75 Å². The maximum absolute atomic E-state index is 12.4. The van der Waals surface area contributed by atoms with Crippen molar-refractivity contribution in [2.75, 3.05) is 20.7 Å². The highest BCUT2D eigenvalue weighted by atomic mass is 16.5. The quantitative estimate of drug-likeness (QED) is 0.909. The summed E-state index contributed by atoms with van der Waals surface area (Å²) in [6.45, 7) is 1.24. The van der Waals surface area contributed by atoms with E-state index in [1.54, 1.807) is 24.4 Å². The van der Waals surface area contributed by atoms with Crippen LogP contribution in [-0.2, 0) is 13.0 Å². The number of aromatic nitrogens is 1. The molecule has 1 aliphatic rings. The number of urea groups is 1. The van der Waals surface area contributed by atoms with Crippen LogP contribution in [0.4, 0.5) is 4.79 Å². The first-order chi connectivity index (χ1) is 12.2. The number of amides is 2. The molecule has 132 valence electrons. The smallest absolute Gasteiger partial charge is 0.317 e. The van der Waals surface area contributed by atoms with E-state index in [1.807, 2.05) is 25.2 Å². The van der Waals surface area contributed by atoms with E-state index in [0.717, 1.165) is 30.6 Å². The van der Waals surface area contributed by atoms with Crippen LogP contribution in [0, 0.1) is 0 Å². The van der Waals surface area contributed by atoms with Gasteiger partial charge in [-0.3, -0.25) is 4.98 Å². The molecule has 3 rings (SSSR count). The highest BCUT2D eigenvalue weighted by Crippen LogP contribution is 2.33. The third kappa shape index (κ3) is 4.29. The fourth-order valence-corrected chi connectivity index (χ4v) is 3.41. The minimum Gasteiger partial charge on any atom is -0.497 e. The number of methoxy groups -OCH3 is 1. The van der Waals surface area contributed by atoms with Crippen molar-refractivity contribution in [2.24, 2.45) is 0 Å². The second-order valence-corrected chi connectivity index (χ2v) is 6.55. The molecule has 5 nitrogen and oxygen atoms in total. The van der Waals surface area contributed by atoms with Crippen molar-refractivity contribution in [3.8, 4) is 5.75 Å². The van der Waals surface area contributed by atoms with Crippen LogP contribution in [0.1, 0.15) is 35.4 Å². The number of hydrogen-bond donors (Lipinski definition) is 1. The van der Waals surface area contributed by atoms with Crippen LogP contribution in [0.2, 0.25) is 0 Å². The zero-order valence-corrected chi connectivity index (χ0v) is 14.9. The van der Waals surface area contributed by atoms with E-state index in [1.165, 1.54) is 11.1 Å². The van der Waals surface area contributed by atoms with Gasteiger partial charge < -0.3 is 15.0 Å². The molecule has 0 saturated carbocycles. The second kappa shape index (κ2) is 8.01. The monoisotopic (exact) mass is 339 g/mol. The number of carbonyl (C=O) groups excluding carboxylic acids is 1. The Morgan fingerprint density at radius 1 is 1.32 bits per heavy atom. The lowest BCUT2D eigenvalue weighted by Gasteiger charge is -2.27. The van der Waals surface area contributed by atoms with Crippen LogP contribution >= 0.6 is 0 Å². The number of rotatable bonds is 5. The number of benzene rings is 1. The van der Waals surface area contributed by atoms with E-state index < -0.39 is 0 Å². The van der Waals surface area contributed by atoms with Crippen molar-refractivity contribution in [3.05, 3.63) is 59.4 Å². The summed E-state index contributed by atoms with van der Waals surface area (Å²) in [5.74, 6) is 1.27. The Kier molecular flexibility index (Phi) is 5.53. The van der Waals surface area contributed by atoms with Crippen molar-refractivity contribution in [3.63, 3.8) is 0 Å². The second-order valence-electron chi connectivity index (χ2n) is 6.55. The van der Waals surface area contributed by atoms with E-state index in [4.69, 9.17) is 4.74 Å². The van der Waals surface area contributed by atoms with Crippen molar-refractivity contribution < 1.29 is 9.53 Å². The van der Waals surface area contributed by atoms with Gasteiger partial charge in [-0.2, -0.15) is 0 Å². The van der Waals surface area contributed by atoms with Crippen LogP contribution < -0.4 is 10.1 Å². The van der Waals surface area contributed by atoms with Crippen molar-refractivity contribution in [1.82, 2.24) is 15.2 Å². The molecule has 5 heteroatoms. The van der Waals surface area contributed by atoms with Crippen LogP contribution in [-0.4, -0.2) is 36.6 Å². The zero-order valence-electron chi connectivity index (χ0n) is 14.9. The lowest BCUT2D eigenvalue weighted by molar-refractivity contribution is 0.206. The molecule has 1 heterocycles. The van der Waals surface area contributed by atoms with Crippen molar-refractivity contribution >= 4 is 6.03 Å². The van der Waals surface area contributed by atoms with E-state index in [0.29, 0.717) is 19.0 Å². The fraction of sp³-hybridized carbons (Fsp3) is 0.400. The SMILES string of the molecule is COc1ccc2c(c1)CCCC2CNC(=O)N(C)Cc1ccncc1. The number of aryl methyl sites for hydroxylation is 1. The molecule has 1 aromatic carbocycles. The summed E-state index contributed by atoms with van der Waals surface area (Å²) >= 11 is 0. The van der Waals surface area contributed by atoms with Gasteiger partial charge >= 0.3 is 6.03 Å². The minimum atomic E-state index is -0.0440. The van der Waals surface area contributed by atoms with E-state index in [-0.39, 0.29) is 6.03 Å². The Hall–Kier alpha value is -2.56. The predicted octanol–water partition coefficient (Wildman–Crippen LogP) is 3.35. The molecule has 0 aliphatic heterocycles. The summed E-state index contributed by atoms with van der Waals surface area (Å²) in [5, 5.41) is 3.08. The molecule has 1 aliphatic carbocycles. The van der Waals surface area contributed by atoms with Gasteiger partial charge in [-0.15, -0.1) is 0 Å². The van der Waals surface area contributed by atoms with Gasteiger partial charge in [0.2, 0.25) is 0 Å². The lowest BCUT2D eigenvalue weighted by atomic mass is 9.82. The number of fused-ring (bicyclic) bond motifs is 1. The van der Waals surface area contributed by atoms with Crippen LogP contribution in [0.25, 0.3) is 0 Å². The van der Waals surface area contributed by atoms with Crippen molar-refractivity contribution in [1.29, 1.82) is 0 Å². The van der Waals surface area contributed by atoms with Gasteiger partial charge in [0.05, 0.1) is 7.11 Å². The van der Waals surface area contributed by atoms with Crippen molar-refractivity contribution in [2.45, 2.75) is 31.7 Å². The molecule has 0 saturated heterocycles. The lowest BCUT2D eigenvalue weighted by Crippen LogP contribution is -2.39. The van der Waals surface area contributed by atoms with Gasteiger partial charge in [0, 0.05) is 38.4 Å². The number of carbonyl (C=O) groups is 1. The predicted molar refractivity (Wildman–Crippen MR) is 97.8 cm³/mol. The topological polar surface area (TPSA) is 54.5 Å². The molecule has 1 N–H and O–H groups in total. The highest BCUT2D eigenvalue weighted by Gasteiger charge is 2.21. The molecule has 2 aromatic rings. The highest BCUT2D eigenvalue weighted by molar-refractivity contribution is 5.73. The summed E-state index contributed by atoms with van der Waals surface area (Å²) < 4.78 is 5.32. The number of ether oxygens (including phenoxy) is 1. The number of hydrogen-bond acceptors (Lipinski definition) is 3. The zero-order chi connectivity index (χ0) is 17.6. The standard InChI is InChI=1S/C20H25N3O2/c1-23(14-15-8-10-21-11-9-15)20(24)22-13-17-5-3-4-16-12-18(25-2)6-7-19(16)17/h6-12,17H,3-5,13-14H2,1-2H3,(H,22,24). The van der Waals surface area contributed by atoms with E-state index in [2.05, 4.69) is 22.4 Å². The summed E-state index contributed by atoms with van der Waals surface area (Å²) in [4.78, 5) is 18.1. The molecule has 0 radical (unpaired) electrons. The molecule has 0 fully saturated rings. The maximum atomic E-state index is 12.4. The van der Waals surface area contributed by atoms with Crippen LogP contribution in [0.15, 0.2) is 42.7 Å². The Bertz CT molecular complexity index is 718. The molecule has 0 spiro atoms. The first-order valence-electron chi connectivity index (χ1n) is 8.72. The Balaban J connectivity index is 1.58. The normalized spacial score (nSPS) is 16.0. The Morgan fingerprint density at radius 3 is 2.88 bits per heavy atom. The molecule has 25 heavy (non-hydrogen) atoms. The summed E-state index contributed by atoms with van der Waals surface area (Å²) in [6, 6.07) is 10.1. The van der Waals surface area contributed by atoms with Gasteiger partial charge in [-0.25, -0.2) is 4.79 Å². The number of nitrogens with one attached hydrogen (secondary N) is 1. The largest absolute Gasteiger partial charge is 0.497 e. The van der Waals surface area contributed by atoms with Gasteiger partial charge in [0.25, 0.3) is 0 Å². The summed E-state index contributed by atoms with van der Waals surface area (Å²) in [7, 11) is 3.51. The van der Waals surface area contributed by atoms with Crippen LogP contribution in [0.3, 0.4) is 0 Å². The molecule has 1 unspecified atom stereocenters. The molecule has 2 amide bonds. The van der Waals surface area contributed by atoms with E-state index in [9.17, 15) is 4.79 Å². The van der Waals surface area contributed by atoms with Gasteiger partial charge in [0.15, 0.2) is 0 Å². The van der Waals surface area contributed by atoms with Gasteiger partial charge in [-0.1, -0.05) is 6.07 Å². The molecule has 0 bridgehead atoms.